The summed E-state index contributed by atoms with van der Waals surface area (Å²) in [6, 6.07) is 20.0. The van der Waals surface area contributed by atoms with Crippen LogP contribution < -0.4 is 5.32 Å². The maximum absolute atomic E-state index is 13.6. The Kier molecular flexibility index (Phi) is 8.15. The number of hydrogen-bond donors (Lipinski definition) is 2. The lowest BCUT2D eigenvalue weighted by atomic mass is 9.79. The molecule has 2 aromatic heterocycles. The summed E-state index contributed by atoms with van der Waals surface area (Å²) in [7, 11) is 0. The summed E-state index contributed by atoms with van der Waals surface area (Å²) in [6.07, 6.45) is 9.62. The van der Waals surface area contributed by atoms with Gasteiger partial charge in [0, 0.05) is 60.0 Å². The van der Waals surface area contributed by atoms with E-state index in [1.54, 1.807) is 43.7 Å². The Morgan fingerprint density at radius 1 is 1.02 bits per heavy atom. The number of non-ortho nitro benzene ring substituents is 1. The number of H-pyrrole nitrogens is 1. The molecule has 9 nitrogen and oxygen atoms in total. The molecular formula is C32H29N5O4. The quantitative estimate of drug-likeness (QED) is 0.151. The minimum Gasteiger partial charge on any atom is -0.458 e. The Morgan fingerprint density at radius 2 is 1.85 bits per heavy atom. The van der Waals surface area contributed by atoms with Gasteiger partial charge < -0.3 is 15.0 Å². The number of benzene rings is 2. The Labute approximate surface area is 237 Å². The molecule has 206 valence electrons. The van der Waals surface area contributed by atoms with Gasteiger partial charge >= 0.3 is 5.97 Å². The smallest absolute Gasteiger partial charge is 0.337 e. The van der Waals surface area contributed by atoms with E-state index >= 15 is 0 Å². The number of nitrogens with one attached hydrogen (secondary N) is 2. The number of nitro groups is 1. The molecule has 1 atom stereocenters. The highest BCUT2D eigenvalue weighted by Gasteiger charge is 2.35. The van der Waals surface area contributed by atoms with Crippen LogP contribution >= 0.6 is 0 Å². The molecule has 3 heterocycles. The Bertz CT molecular complexity index is 1640. The molecule has 0 saturated carbocycles. The van der Waals surface area contributed by atoms with Gasteiger partial charge in [-0.15, -0.1) is 0 Å². The van der Waals surface area contributed by atoms with Crippen LogP contribution in [0.15, 0.2) is 108 Å². The number of ether oxygens (including phenoxy) is 1. The summed E-state index contributed by atoms with van der Waals surface area (Å²) >= 11 is 0. The zero-order chi connectivity index (χ0) is 28.8. The number of esters is 1. The van der Waals surface area contributed by atoms with Crippen LogP contribution in [-0.4, -0.2) is 32.5 Å². The average molecular weight is 548 g/mol. The van der Waals surface area contributed by atoms with Crippen LogP contribution in [0.25, 0.3) is 11.6 Å². The van der Waals surface area contributed by atoms with Crippen molar-refractivity contribution in [2.75, 3.05) is 6.61 Å². The third-order valence-electron chi connectivity index (χ3n) is 6.86. The fraction of sp³-hybridized carbons (Fsp3) is 0.156. The highest BCUT2D eigenvalue weighted by molar-refractivity contribution is 5.97. The van der Waals surface area contributed by atoms with Gasteiger partial charge in [-0.3, -0.25) is 15.1 Å². The van der Waals surface area contributed by atoms with E-state index in [0.29, 0.717) is 22.5 Å². The lowest BCUT2D eigenvalue weighted by molar-refractivity contribution is -0.384. The lowest BCUT2D eigenvalue weighted by Crippen LogP contribution is -2.29. The van der Waals surface area contributed by atoms with E-state index in [4.69, 9.17) is 4.74 Å². The van der Waals surface area contributed by atoms with Crippen LogP contribution in [-0.2, 0) is 16.0 Å². The van der Waals surface area contributed by atoms with Crippen molar-refractivity contribution in [3.8, 4) is 0 Å². The zero-order valence-electron chi connectivity index (χ0n) is 22.7. The number of allylic oxidation sites excluding steroid dienone is 3. The predicted octanol–water partition coefficient (Wildman–Crippen LogP) is 5.95. The largest absolute Gasteiger partial charge is 0.458 e. The van der Waals surface area contributed by atoms with Crippen molar-refractivity contribution in [3.05, 3.63) is 147 Å². The molecule has 0 radical (unpaired) electrons. The molecule has 0 aliphatic carbocycles. The van der Waals surface area contributed by atoms with E-state index in [1.807, 2.05) is 55.5 Å². The number of aromatic nitrogens is 3. The first kappa shape index (κ1) is 27.3. The fourth-order valence-electron chi connectivity index (χ4n) is 5.00. The van der Waals surface area contributed by atoms with Crippen LogP contribution in [0.5, 0.6) is 0 Å². The van der Waals surface area contributed by atoms with Crippen molar-refractivity contribution in [2.24, 2.45) is 0 Å². The van der Waals surface area contributed by atoms with Gasteiger partial charge in [0.15, 0.2) is 0 Å². The van der Waals surface area contributed by atoms with Gasteiger partial charge in [0.25, 0.3) is 5.69 Å². The van der Waals surface area contributed by atoms with Crippen molar-refractivity contribution in [3.63, 3.8) is 0 Å². The Morgan fingerprint density at radius 3 is 2.56 bits per heavy atom. The van der Waals surface area contributed by atoms with Crippen molar-refractivity contribution in [1.82, 2.24) is 20.3 Å². The highest BCUT2D eigenvalue weighted by atomic mass is 16.6. The summed E-state index contributed by atoms with van der Waals surface area (Å²) < 4.78 is 5.70. The molecule has 2 N–H and O–H groups in total. The summed E-state index contributed by atoms with van der Waals surface area (Å²) in [4.78, 5) is 36.6. The van der Waals surface area contributed by atoms with Gasteiger partial charge in [0.1, 0.15) is 12.4 Å². The summed E-state index contributed by atoms with van der Waals surface area (Å²) in [5.74, 6) is -0.211. The van der Waals surface area contributed by atoms with Gasteiger partial charge in [0.05, 0.1) is 16.2 Å². The number of dihydropyridines is 1. The van der Waals surface area contributed by atoms with E-state index in [0.717, 1.165) is 34.6 Å². The second kappa shape index (κ2) is 12.3. The number of nitrogens with zero attached hydrogens (tertiary/aromatic N) is 3. The molecule has 1 aliphatic rings. The van der Waals surface area contributed by atoms with E-state index in [2.05, 4.69) is 20.3 Å². The van der Waals surface area contributed by atoms with Gasteiger partial charge in [0.2, 0.25) is 0 Å². The number of aromatic amines is 1. The van der Waals surface area contributed by atoms with E-state index in [-0.39, 0.29) is 12.3 Å². The first-order valence-corrected chi connectivity index (χ1v) is 13.2. The summed E-state index contributed by atoms with van der Waals surface area (Å²) in [5, 5.41) is 14.9. The molecule has 9 heteroatoms. The van der Waals surface area contributed by atoms with Crippen molar-refractivity contribution in [2.45, 2.75) is 26.2 Å². The average Bonchev–Trinajstić information content (AvgIpc) is 3.49. The van der Waals surface area contributed by atoms with Crippen molar-refractivity contribution >= 4 is 23.3 Å². The predicted molar refractivity (Wildman–Crippen MR) is 156 cm³/mol. The topological polar surface area (TPSA) is 123 Å². The molecule has 2 aromatic carbocycles. The normalized spacial score (nSPS) is 15.2. The molecule has 5 rings (SSSR count). The van der Waals surface area contributed by atoms with E-state index in [1.165, 1.54) is 12.1 Å². The third kappa shape index (κ3) is 6.30. The highest BCUT2D eigenvalue weighted by Crippen LogP contribution is 2.43. The first-order chi connectivity index (χ1) is 19.9. The molecular weight excluding hydrogens is 518 g/mol. The molecule has 0 amide bonds. The second-order valence-corrected chi connectivity index (χ2v) is 9.66. The number of rotatable bonds is 9. The SMILES string of the molecule is CC1=C(C(=O)OCC=Cc2ccc(Cc3ncc[nH]3)cc2)C(c2cccc([N+](=O)[O-])c2)C(c2ccccn2)=C(C)N1. The second-order valence-electron chi connectivity index (χ2n) is 9.66. The van der Waals surface area contributed by atoms with Crippen molar-refractivity contribution in [1.29, 1.82) is 0 Å². The van der Waals surface area contributed by atoms with Crippen LogP contribution in [0.1, 0.15) is 48.0 Å². The molecule has 0 spiro atoms. The van der Waals surface area contributed by atoms with Gasteiger partial charge in [-0.1, -0.05) is 48.5 Å². The summed E-state index contributed by atoms with van der Waals surface area (Å²) in [6.45, 7) is 3.77. The molecule has 41 heavy (non-hydrogen) atoms. The first-order valence-electron chi connectivity index (χ1n) is 13.2. The molecule has 1 aliphatic heterocycles. The standard InChI is InChI=1S/C32H29N5O4/c1-21-29(27-10-3-4-15-33-27)31(25-8-5-9-26(20-25)37(39)40)30(22(2)36-21)32(38)41-18-6-7-23-11-13-24(14-12-23)19-28-34-16-17-35-28/h3-17,20,31,36H,18-19H2,1-2H3,(H,34,35). The lowest BCUT2D eigenvalue weighted by Gasteiger charge is -2.31. The number of nitro benzene ring substituents is 1. The minimum absolute atomic E-state index is 0.0532. The maximum Gasteiger partial charge on any atom is 0.337 e. The Hall–Kier alpha value is -5.31. The van der Waals surface area contributed by atoms with Crippen LogP contribution in [0.3, 0.4) is 0 Å². The van der Waals surface area contributed by atoms with Gasteiger partial charge in [-0.2, -0.15) is 0 Å². The number of carbonyl (C=O) groups excluding carboxylic acids is 1. The number of imidazole rings is 1. The monoisotopic (exact) mass is 547 g/mol. The molecule has 0 bridgehead atoms. The van der Waals surface area contributed by atoms with Crippen LogP contribution in [0.4, 0.5) is 5.69 Å². The Balaban J connectivity index is 1.36. The van der Waals surface area contributed by atoms with E-state index in [9.17, 15) is 14.9 Å². The molecule has 0 saturated heterocycles. The number of hydrogen-bond acceptors (Lipinski definition) is 7. The van der Waals surface area contributed by atoms with Crippen LogP contribution in [0.2, 0.25) is 0 Å². The van der Waals surface area contributed by atoms with Crippen molar-refractivity contribution < 1.29 is 14.5 Å². The fourth-order valence-corrected chi connectivity index (χ4v) is 5.00. The molecule has 4 aromatic rings. The number of carbonyl (C=O) groups is 1. The molecule has 0 fully saturated rings. The maximum atomic E-state index is 13.6. The number of pyridine rings is 1. The van der Waals surface area contributed by atoms with E-state index < -0.39 is 16.8 Å². The minimum atomic E-state index is -0.607. The summed E-state index contributed by atoms with van der Waals surface area (Å²) in [5.41, 5.74) is 5.91. The zero-order valence-corrected chi connectivity index (χ0v) is 22.7. The van der Waals surface area contributed by atoms with Gasteiger partial charge in [-0.25, -0.2) is 9.78 Å². The van der Waals surface area contributed by atoms with Crippen LogP contribution in [0, 0.1) is 10.1 Å². The van der Waals surface area contributed by atoms with Gasteiger partial charge in [-0.05, 0) is 48.7 Å². The third-order valence-corrected chi connectivity index (χ3v) is 6.86. The molecule has 1 unspecified atom stereocenters.